The van der Waals surface area contributed by atoms with Gasteiger partial charge in [-0.3, -0.25) is 4.57 Å². The Bertz CT molecular complexity index is 343. The van der Waals surface area contributed by atoms with Crippen molar-refractivity contribution in [1.29, 1.82) is 0 Å². The average molecular weight is 276 g/mol. The van der Waals surface area contributed by atoms with Gasteiger partial charge in [0.2, 0.25) is 0 Å². The van der Waals surface area contributed by atoms with Crippen molar-refractivity contribution in [3.63, 3.8) is 0 Å². The predicted octanol–water partition coefficient (Wildman–Crippen LogP) is 3.27. The van der Waals surface area contributed by atoms with Crippen LogP contribution in [0.2, 0.25) is 0 Å². The number of hydrogen-bond donors (Lipinski definition) is 0. The Labute approximate surface area is 108 Å². The van der Waals surface area contributed by atoms with E-state index in [4.69, 9.17) is 9.05 Å². The van der Waals surface area contributed by atoms with Gasteiger partial charge in [-0.15, -0.1) is 0 Å². The molecule has 0 unspecified atom stereocenters. The average Bonchev–Trinajstić information content (AvgIpc) is 2.21. The van der Waals surface area contributed by atoms with Crippen LogP contribution in [0.3, 0.4) is 0 Å². The van der Waals surface area contributed by atoms with E-state index in [1.165, 1.54) is 31.2 Å². The fraction of sp³-hybridized carbons (Fsp3) is 0.583. The summed E-state index contributed by atoms with van der Waals surface area (Å²) < 4.78 is 27.2. The molecule has 6 heteroatoms. The molecular weight excluding hydrogens is 255 g/mol. The number of allylic oxidation sites excluding steroid dienone is 2. The molecule has 0 fully saturated rings. The number of methoxy groups -OCH3 is 1. The normalized spacial score (nSPS) is 13.1. The van der Waals surface area contributed by atoms with E-state index in [-0.39, 0.29) is 12.2 Å². The number of esters is 1. The van der Waals surface area contributed by atoms with Crippen molar-refractivity contribution in [2.24, 2.45) is 0 Å². The Morgan fingerprint density at radius 2 is 1.56 bits per heavy atom. The standard InChI is InChI=1S/C12H21O5P/c1-10(2)16-18(14,17-11(3)4)9-7-6-8-12(13)15-5/h6-11H,1-5H3/b8-6+,9-7+. The highest BCUT2D eigenvalue weighted by atomic mass is 31.2. The zero-order valence-electron chi connectivity index (χ0n) is 11.5. The Hall–Kier alpha value is -0.900. The molecule has 0 amide bonds. The lowest BCUT2D eigenvalue weighted by molar-refractivity contribution is -0.134. The first-order valence-corrected chi connectivity index (χ1v) is 7.30. The van der Waals surface area contributed by atoms with Crippen molar-refractivity contribution in [2.75, 3.05) is 7.11 Å². The van der Waals surface area contributed by atoms with Crippen LogP contribution in [-0.2, 0) is 23.1 Å². The van der Waals surface area contributed by atoms with Crippen LogP contribution >= 0.6 is 7.60 Å². The highest BCUT2D eigenvalue weighted by molar-refractivity contribution is 7.57. The van der Waals surface area contributed by atoms with Crippen molar-refractivity contribution in [3.05, 3.63) is 24.0 Å². The molecule has 0 aromatic rings. The van der Waals surface area contributed by atoms with Crippen molar-refractivity contribution in [2.45, 2.75) is 39.9 Å². The summed E-state index contributed by atoms with van der Waals surface area (Å²) in [6.45, 7) is 7.09. The van der Waals surface area contributed by atoms with Crippen molar-refractivity contribution in [1.82, 2.24) is 0 Å². The maximum atomic E-state index is 12.3. The summed E-state index contributed by atoms with van der Waals surface area (Å²) in [5.74, 6) is 0.843. The van der Waals surface area contributed by atoms with E-state index in [9.17, 15) is 9.36 Å². The van der Waals surface area contributed by atoms with Crippen molar-refractivity contribution >= 4 is 13.6 Å². The molecule has 0 radical (unpaired) electrons. The number of carbonyl (C=O) groups is 1. The third kappa shape index (κ3) is 8.23. The molecule has 0 aromatic heterocycles. The maximum absolute atomic E-state index is 12.3. The fourth-order valence-electron chi connectivity index (χ4n) is 1.04. The van der Waals surface area contributed by atoms with Gasteiger partial charge in [0.1, 0.15) is 0 Å². The third-order valence-electron chi connectivity index (χ3n) is 1.53. The van der Waals surface area contributed by atoms with E-state index in [0.29, 0.717) is 0 Å². The molecule has 0 spiro atoms. The van der Waals surface area contributed by atoms with E-state index in [1.54, 1.807) is 27.7 Å². The van der Waals surface area contributed by atoms with Gasteiger partial charge in [0, 0.05) is 11.9 Å². The van der Waals surface area contributed by atoms with E-state index in [0.717, 1.165) is 0 Å². The number of carbonyl (C=O) groups excluding carboxylic acids is 1. The zero-order valence-corrected chi connectivity index (χ0v) is 12.3. The summed E-state index contributed by atoms with van der Waals surface area (Å²) in [7, 11) is -2.00. The molecule has 0 aliphatic carbocycles. The monoisotopic (exact) mass is 276 g/mol. The molecule has 0 aromatic carbocycles. The van der Waals surface area contributed by atoms with Crippen molar-refractivity contribution < 1.29 is 23.1 Å². The van der Waals surface area contributed by atoms with Gasteiger partial charge in [0.15, 0.2) is 0 Å². The van der Waals surface area contributed by atoms with Crippen LogP contribution in [0.25, 0.3) is 0 Å². The molecule has 0 bridgehead atoms. The fourth-order valence-corrected chi connectivity index (χ4v) is 2.72. The summed E-state index contributed by atoms with van der Waals surface area (Å²) in [4.78, 5) is 10.8. The summed E-state index contributed by atoms with van der Waals surface area (Å²) in [6.07, 6.45) is 3.65. The summed E-state index contributed by atoms with van der Waals surface area (Å²) in [5.41, 5.74) is 0. The third-order valence-corrected chi connectivity index (χ3v) is 3.50. The molecule has 0 rings (SSSR count). The Kier molecular flexibility index (Phi) is 7.83. The minimum absolute atomic E-state index is 0.219. The van der Waals surface area contributed by atoms with E-state index >= 15 is 0 Å². The van der Waals surface area contributed by atoms with Crippen LogP contribution in [0.4, 0.5) is 0 Å². The quantitative estimate of drug-likeness (QED) is 0.309. The van der Waals surface area contributed by atoms with Gasteiger partial charge in [-0.25, -0.2) is 4.79 Å². The lowest BCUT2D eigenvalue weighted by atomic mass is 10.5. The predicted molar refractivity (Wildman–Crippen MR) is 70.3 cm³/mol. The largest absolute Gasteiger partial charge is 0.466 e. The summed E-state index contributed by atoms with van der Waals surface area (Å²) >= 11 is 0. The molecule has 0 aliphatic rings. The van der Waals surface area contributed by atoms with Gasteiger partial charge in [-0.2, -0.15) is 0 Å². The minimum atomic E-state index is -3.28. The van der Waals surface area contributed by atoms with E-state index < -0.39 is 13.6 Å². The number of rotatable bonds is 7. The molecule has 0 saturated heterocycles. The van der Waals surface area contributed by atoms with Crippen LogP contribution in [0.1, 0.15) is 27.7 Å². The van der Waals surface area contributed by atoms with Crippen LogP contribution in [0, 0.1) is 0 Å². The summed E-state index contributed by atoms with van der Waals surface area (Å²) in [5, 5.41) is 0. The lowest BCUT2D eigenvalue weighted by Crippen LogP contribution is -2.06. The van der Waals surface area contributed by atoms with Gasteiger partial charge >= 0.3 is 13.6 Å². The molecular formula is C12H21O5P. The van der Waals surface area contributed by atoms with Gasteiger partial charge in [-0.05, 0) is 27.7 Å². The second-order valence-electron chi connectivity index (χ2n) is 4.07. The topological polar surface area (TPSA) is 61.8 Å². The Morgan fingerprint density at radius 3 is 1.94 bits per heavy atom. The molecule has 0 aliphatic heterocycles. The molecule has 0 heterocycles. The highest BCUT2D eigenvalue weighted by Crippen LogP contribution is 2.51. The van der Waals surface area contributed by atoms with Gasteiger partial charge in [0.05, 0.1) is 19.3 Å². The van der Waals surface area contributed by atoms with Gasteiger partial charge in [-0.1, -0.05) is 12.2 Å². The number of hydrogen-bond acceptors (Lipinski definition) is 5. The first-order valence-electron chi connectivity index (χ1n) is 5.69. The van der Waals surface area contributed by atoms with Gasteiger partial charge in [0.25, 0.3) is 0 Å². The van der Waals surface area contributed by atoms with Crippen LogP contribution in [0.5, 0.6) is 0 Å². The van der Waals surface area contributed by atoms with E-state index in [1.807, 2.05) is 0 Å². The molecule has 5 nitrogen and oxygen atoms in total. The smallest absolute Gasteiger partial charge is 0.354 e. The highest BCUT2D eigenvalue weighted by Gasteiger charge is 2.23. The Balaban J connectivity index is 4.68. The van der Waals surface area contributed by atoms with Crippen LogP contribution in [-0.4, -0.2) is 25.3 Å². The van der Waals surface area contributed by atoms with Crippen LogP contribution in [0.15, 0.2) is 24.0 Å². The maximum Gasteiger partial charge on any atom is 0.354 e. The molecule has 0 atom stereocenters. The minimum Gasteiger partial charge on any atom is -0.466 e. The zero-order chi connectivity index (χ0) is 14.2. The van der Waals surface area contributed by atoms with Gasteiger partial charge < -0.3 is 13.8 Å². The number of ether oxygens (including phenoxy) is 1. The van der Waals surface area contributed by atoms with E-state index in [2.05, 4.69) is 4.74 Å². The van der Waals surface area contributed by atoms with Crippen LogP contribution < -0.4 is 0 Å². The summed E-state index contributed by atoms with van der Waals surface area (Å²) in [6, 6.07) is 0. The second-order valence-corrected chi connectivity index (χ2v) is 5.87. The molecule has 0 N–H and O–H groups in total. The molecule has 18 heavy (non-hydrogen) atoms. The molecule has 0 saturated carbocycles. The van der Waals surface area contributed by atoms with Crippen molar-refractivity contribution in [3.8, 4) is 0 Å². The first-order chi connectivity index (χ1) is 8.29. The lowest BCUT2D eigenvalue weighted by Gasteiger charge is -2.19. The SMILES string of the molecule is COC(=O)/C=C/C=C/P(=O)(OC(C)C)OC(C)C. The first kappa shape index (κ1) is 17.1. The Morgan fingerprint density at radius 1 is 1.06 bits per heavy atom. The molecule has 104 valence electrons. The second kappa shape index (κ2) is 8.25.